The van der Waals surface area contributed by atoms with Gasteiger partial charge >= 0.3 is 0 Å². The summed E-state index contributed by atoms with van der Waals surface area (Å²) in [7, 11) is 0. The minimum atomic E-state index is -0.171. The molecule has 1 rings (SSSR count). The molecule has 0 fully saturated rings. The molecule has 13 heavy (non-hydrogen) atoms. The molecule has 0 amide bonds. The van der Waals surface area contributed by atoms with Gasteiger partial charge in [0.2, 0.25) is 0 Å². The zero-order valence-corrected chi connectivity index (χ0v) is 8.08. The summed E-state index contributed by atoms with van der Waals surface area (Å²) < 4.78 is 5.30. The Hall–Kier alpha value is -1.04. The molecule has 0 radical (unpaired) electrons. The number of hydrogen-bond donors (Lipinski definition) is 0. The Morgan fingerprint density at radius 3 is 3.00 bits per heavy atom. The van der Waals surface area contributed by atoms with Crippen LogP contribution < -0.4 is 0 Å². The van der Waals surface area contributed by atoms with Gasteiger partial charge in [0.25, 0.3) is 0 Å². The molecular formula is C10H10ClNO. The lowest BCUT2D eigenvalue weighted by molar-refractivity contribution is 0.0900. The van der Waals surface area contributed by atoms with Gasteiger partial charge in [0.05, 0.1) is 6.61 Å². The number of terminal acetylenes is 1. The molecule has 2 nitrogen and oxygen atoms in total. The van der Waals surface area contributed by atoms with Crippen LogP contribution in [-0.2, 0) is 11.3 Å². The van der Waals surface area contributed by atoms with Gasteiger partial charge in [0.15, 0.2) is 0 Å². The fourth-order valence-corrected chi connectivity index (χ4v) is 0.873. The minimum absolute atomic E-state index is 0.171. The third-order valence-corrected chi connectivity index (χ3v) is 1.75. The van der Waals surface area contributed by atoms with Crippen LogP contribution in [0, 0.1) is 12.3 Å². The largest absolute Gasteiger partial charge is 0.361 e. The maximum absolute atomic E-state index is 5.62. The average Bonchev–Trinajstić information content (AvgIpc) is 2.16. The maximum Gasteiger partial charge on any atom is 0.129 e. The lowest BCUT2D eigenvalue weighted by Gasteiger charge is -2.05. The van der Waals surface area contributed by atoms with E-state index < -0.39 is 0 Å². The van der Waals surface area contributed by atoms with Crippen molar-refractivity contribution in [3.05, 3.63) is 29.0 Å². The molecule has 0 bridgehead atoms. The van der Waals surface area contributed by atoms with E-state index in [0.717, 1.165) is 5.56 Å². The molecule has 0 saturated carbocycles. The second kappa shape index (κ2) is 4.86. The van der Waals surface area contributed by atoms with Gasteiger partial charge < -0.3 is 4.74 Å². The van der Waals surface area contributed by atoms with E-state index >= 15 is 0 Å². The molecule has 1 heterocycles. The summed E-state index contributed by atoms with van der Waals surface area (Å²) in [4.78, 5) is 3.92. The molecule has 1 unspecified atom stereocenters. The molecule has 1 aromatic heterocycles. The summed E-state index contributed by atoms with van der Waals surface area (Å²) in [6, 6.07) is 3.58. The van der Waals surface area contributed by atoms with Gasteiger partial charge in [-0.3, -0.25) is 0 Å². The highest BCUT2D eigenvalue weighted by Gasteiger charge is 1.98. The van der Waals surface area contributed by atoms with E-state index in [-0.39, 0.29) is 6.10 Å². The quantitative estimate of drug-likeness (QED) is 0.545. The standard InChI is InChI=1S/C10H10ClNO/c1-3-8(2)13-7-9-4-5-10(11)12-6-9/h1,4-6,8H,7H2,2H3. The Labute approximate surface area is 82.9 Å². The van der Waals surface area contributed by atoms with Crippen molar-refractivity contribution < 1.29 is 4.74 Å². The zero-order chi connectivity index (χ0) is 9.68. The van der Waals surface area contributed by atoms with E-state index in [0.29, 0.717) is 11.8 Å². The van der Waals surface area contributed by atoms with Gasteiger partial charge in [0, 0.05) is 6.20 Å². The number of hydrogen-bond acceptors (Lipinski definition) is 2. The molecule has 0 aromatic carbocycles. The van der Waals surface area contributed by atoms with Crippen molar-refractivity contribution >= 4 is 11.6 Å². The van der Waals surface area contributed by atoms with Gasteiger partial charge in [0.1, 0.15) is 11.3 Å². The van der Waals surface area contributed by atoms with Crippen molar-refractivity contribution in [2.75, 3.05) is 0 Å². The first-order valence-corrected chi connectivity index (χ1v) is 4.28. The molecule has 3 heteroatoms. The van der Waals surface area contributed by atoms with Crippen LogP contribution in [0.25, 0.3) is 0 Å². The number of nitrogens with zero attached hydrogens (tertiary/aromatic N) is 1. The van der Waals surface area contributed by atoms with Crippen LogP contribution in [0.5, 0.6) is 0 Å². The summed E-state index contributed by atoms with van der Waals surface area (Å²) in [6.07, 6.45) is 6.65. The maximum atomic E-state index is 5.62. The average molecular weight is 196 g/mol. The molecule has 0 saturated heterocycles. The Balaban J connectivity index is 2.47. The minimum Gasteiger partial charge on any atom is -0.361 e. The SMILES string of the molecule is C#CC(C)OCc1ccc(Cl)nc1. The Kier molecular flexibility index (Phi) is 3.75. The number of ether oxygens (including phenoxy) is 1. The monoisotopic (exact) mass is 195 g/mol. The van der Waals surface area contributed by atoms with Crippen LogP contribution in [-0.4, -0.2) is 11.1 Å². The molecule has 0 N–H and O–H groups in total. The highest BCUT2D eigenvalue weighted by Crippen LogP contribution is 2.06. The first kappa shape index (κ1) is 10.0. The van der Waals surface area contributed by atoms with Crippen LogP contribution in [0.1, 0.15) is 12.5 Å². The van der Waals surface area contributed by atoms with E-state index in [2.05, 4.69) is 10.9 Å². The fraction of sp³-hybridized carbons (Fsp3) is 0.300. The van der Waals surface area contributed by atoms with Crippen molar-refractivity contribution in [3.63, 3.8) is 0 Å². The second-order valence-electron chi connectivity index (χ2n) is 2.61. The van der Waals surface area contributed by atoms with E-state index in [9.17, 15) is 0 Å². The van der Waals surface area contributed by atoms with E-state index in [1.54, 1.807) is 12.3 Å². The number of halogens is 1. The van der Waals surface area contributed by atoms with Crippen molar-refractivity contribution in [2.45, 2.75) is 19.6 Å². The first-order valence-electron chi connectivity index (χ1n) is 3.90. The molecule has 1 atom stereocenters. The molecule has 68 valence electrons. The van der Waals surface area contributed by atoms with Crippen LogP contribution >= 0.6 is 11.6 Å². The van der Waals surface area contributed by atoms with Crippen LogP contribution in [0.3, 0.4) is 0 Å². The summed E-state index contributed by atoms with van der Waals surface area (Å²) in [5.74, 6) is 2.48. The van der Waals surface area contributed by atoms with Gasteiger partial charge in [-0.25, -0.2) is 4.98 Å². The fourth-order valence-electron chi connectivity index (χ4n) is 0.761. The van der Waals surface area contributed by atoms with Gasteiger partial charge in [-0.15, -0.1) is 6.42 Å². The van der Waals surface area contributed by atoms with Crippen LogP contribution in [0.15, 0.2) is 18.3 Å². The highest BCUT2D eigenvalue weighted by atomic mass is 35.5. The molecular weight excluding hydrogens is 186 g/mol. The predicted octanol–water partition coefficient (Wildman–Crippen LogP) is 2.27. The number of rotatable bonds is 3. The molecule has 0 aliphatic heterocycles. The highest BCUT2D eigenvalue weighted by molar-refractivity contribution is 6.29. The van der Waals surface area contributed by atoms with Crippen LogP contribution in [0.2, 0.25) is 5.15 Å². The van der Waals surface area contributed by atoms with Crippen molar-refractivity contribution in [1.29, 1.82) is 0 Å². The normalized spacial score (nSPS) is 12.1. The number of pyridine rings is 1. The lowest BCUT2D eigenvalue weighted by Crippen LogP contribution is -2.04. The topological polar surface area (TPSA) is 22.1 Å². The second-order valence-corrected chi connectivity index (χ2v) is 3.00. The van der Waals surface area contributed by atoms with Crippen LogP contribution in [0.4, 0.5) is 0 Å². The van der Waals surface area contributed by atoms with Gasteiger partial charge in [-0.05, 0) is 18.6 Å². The predicted molar refractivity (Wildman–Crippen MR) is 52.3 cm³/mol. The summed E-state index contributed by atoms with van der Waals surface area (Å²) in [6.45, 7) is 2.29. The van der Waals surface area contributed by atoms with Crippen molar-refractivity contribution in [2.24, 2.45) is 0 Å². The third-order valence-electron chi connectivity index (χ3n) is 1.52. The zero-order valence-electron chi connectivity index (χ0n) is 7.33. The smallest absolute Gasteiger partial charge is 0.129 e. The Bertz CT molecular complexity index is 302. The van der Waals surface area contributed by atoms with E-state index in [1.165, 1.54) is 0 Å². The molecule has 1 aromatic rings. The molecule has 0 aliphatic carbocycles. The third kappa shape index (κ3) is 3.45. The summed E-state index contributed by atoms with van der Waals surface area (Å²) in [5, 5.41) is 0.480. The summed E-state index contributed by atoms with van der Waals surface area (Å²) in [5.41, 5.74) is 0.964. The Morgan fingerprint density at radius 1 is 1.69 bits per heavy atom. The molecule has 0 spiro atoms. The summed E-state index contributed by atoms with van der Waals surface area (Å²) >= 11 is 5.62. The number of aromatic nitrogens is 1. The van der Waals surface area contributed by atoms with E-state index in [1.807, 2.05) is 13.0 Å². The lowest BCUT2D eigenvalue weighted by atomic mass is 10.3. The molecule has 0 aliphatic rings. The Morgan fingerprint density at radius 2 is 2.46 bits per heavy atom. The van der Waals surface area contributed by atoms with Gasteiger partial charge in [-0.2, -0.15) is 0 Å². The van der Waals surface area contributed by atoms with Gasteiger partial charge in [-0.1, -0.05) is 23.6 Å². The first-order chi connectivity index (χ1) is 6.22. The van der Waals surface area contributed by atoms with Crippen molar-refractivity contribution in [3.8, 4) is 12.3 Å². The van der Waals surface area contributed by atoms with Crippen molar-refractivity contribution in [1.82, 2.24) is 4.98 Å². The van der Waals surface area contributed by atoms with E-state index in [4.69, 9.17) is 22.8 Å².